The summed E-state index contributed by atoms with van der Waals surface area (Å²) in [5.41, 5.74) is 0.981. The molecule has 1 fully saturated rings. The van der Waals surface area contributed by atoms with Crippen LogP contribution >= 0.6 is 0 Å². The number of β-lactam (4-membered cyclic amide) rings is 1. The van der Waals surface area contributed by atoms with Gasteiger partial charge in [-0.15, -0.1) is 0 Å². The molecule has 1 aromatic rings. The van der Waals surface area contributed by atoms with Crippen molar-refractivity contribution in [2.24, 2.45) is 5.92 Å². The summed E-state index contributed by atoms with van der Waals surface area (Å²) in [4.78, 5) is 24.9. The van der Waals surface area contributed by atoms with Gasteiger partial charge in [-0.25, -0.2) is 0 Å². The number of hydrogen-bond acceptors (Lipinski definition) is 6. The molecule has 30 heavy (non-hydrogen) atoms. The molecule has 2 heterocycles. The molecule has 1 N–H and O–H groups in total. The van der Waals surface area contributed by atoms with Crippen molar-refractivity contribution in [2.45, 2.75) is 63.8 Å². The summed E-state index contributed by atoms with van der Waals surface area (Å²) in [6.07, 6.45) is -0.915. The number of anilines is 1. The lowest BCUT2D eigenvalue weighted by Crippen LogP contribution is -2.55. The van der Waals surface area contributed by atoms with E-state index in [1.165, 1.54) is 11.8 Å². The first-order valence-electron chi connectivity index (χ1n) is 10.2. The Morgan fingerprint density at radius 3 is 2.67 bits per heavy atom. The second kappa shape index (κ2) is 8.64. The molecule has 2 unspecified atom stereocenters. The lowest BCUT2D eigenvalue weighted by atomic mass is 9.86. The number of methoxy groups -OCH3 is 1. The summed E-state index contributed by atoms with van der Waals surface area (Å²) in [6, 6.07) is 5.28. The molecule has 0 spiro atoms. The first kappa shape index (κ1) is 22.7. The molecule has 2 aliphatic rings. The van der Waals surface area contributed by atoms with E-state index in [0.717, 1.165) is 5.56 Å². The number of halogens is 1. The van der Waals surface area contributed by atoms with Crippen LogP contribution < -0.4 is 9.64 Å². The Bertz CT molecular complexity index is 813. The number of aliphatic hydroxyl groups is 1. The third-order valence-corrected chi connectivity index (χ3v) is 8.40. The van der Waals surface area contributed by atoms with Crippen molar-refractivity contribution in [3.05, 3.63) is 23.8 Å². The van der Waals surface area contributed by atoms with Crippen LogP contribution in [0, 0.1) is 5.92 Å². The fraction of sp³-hybridized carbons (Fsp3) is 0.619. The van der Waals surface area contributed by atoms with Gasteiger partial charge in [0.25, 0.3) is 0 Å². The summed E-state index contributed by atoms with van der Waals surface area (Å²) in [5.74, 6) is -0.163. The number of ether oxygens (including phenoxy) is 3. The molecule has 166 valence electrons. The molecule has 0 aliphatic carbocycles. The molecule has 0 saturated carbocycles. The average Bonchev–Trinajstić information content (AvgIpc) is 2.64. The van der Waals surface area contributed by atoms with Gasteiger partial charge in [0, 0.05) is 43.4 Å². The number of rotatable bonds is 7. The number of carbonyl (C=O) groups excluding carboxylic acids is 2. The summed E-state index contributed by atoms with van der Waals surface area (Å²) in [7, 11) is -1.51. The number of benzene rings is 1. The van der Waals surface area contributed by atoms with Gasteiger partial charge in [0.05, 0.1) is 12.5 Å². The number of aliphatic hydroxyl groups excluding tert-OH is 1. The quantitative estimate of drug-likeness (QED) is 0.304. The molecule has 7 nitrogen and oxygen atoms in total. The van der Waals surface area contributed by atoms with Crippen LogP contribution in [0.1, 0.15) is 38.4 Å². The normalized spacial score (nSPS) is 27.0. The SMILES string of the molecule is CO[C@H]1c2cc(N3C(=O)CC3OC(C)=O)ccc2O[C@@H](C(CCO)[Si](C)(C)F)[C@@H]1C. The van der Waals surface area contributed by atoms with Crippen LogP contribution in [0.15, 0.2) is 18.2 Å². The predicted octanol–water partition coefficient (Wildman–Crippen LogP) is 3.32. The minimum atomic E-state index is -3.10. The van der Waals surface area contributed by atoms with E-state index in [2.05, 4.69) is 0 Å². The molecule has 1 aromatic carbocycles. The fourth-order valence-electron chi connectivity index (χ4n) is 4.54. The van der Waals surface area contributed by atoms with E-state index in [1.807, 2.05) is 13.0 Å². The van der Waals surface area contributed by atoms with E-state index in [1.54, 1.807) is 32.3 Å². The minimum Gasteiger partial charge on any atom is -0.490 e. The van der Waals surface area contributed by atoms with E-state index >= 15 is 4.11 Å². The van der Waals surface area contributed by atoms with E-state index in [9.17, 15) is 14.7 Å². The van der Waals surface area contributed by atoms with Crippen molar-refractivity contribution in [1.82, 2.24) is 0 Å². The van der Waals surface area contributed by atoms with Crippen molar-refractivity contribution in [3.63, 3.8) is 0 Å². The van der Waals surface area contributed by atoms with Crippen molar-refractivity contribution in [3.8, 4) is 5.75 Å². The standard InChI is InChI=1S/C21H30FNO6Si/c1-12-20(27-3)15-10-14(23-18(26)11-19(23)28-13(2)25)6-7-16(15)29-21(12)17(8-9-24)30(4,5)22/h6-7,10,12,17,19-21,24H,8-9,11H2,1-5H3/t12-,17?,19?,20-,21-/m1/s1. The van der Waals surface area contributed by atoms with Gasteiger partial charge in [-0.2, -0.15) is 0 Å². The molecule has 2 aliphatic heterocycles. The van der Waals surface area contributed by atoms with Crippen LogP contribution in [0.2, 0.25) is 18.6 Å². The predicted molar refractivity (Wildman–Crippen MR) is 111 cm³/mol. The number of nitrogens with zero attached hydrogens (tertiary/aromatic N) is 1. The first-order chi connectivity index (χ1) is 14.1. The Morgan fingerprint density at radius 1 is 1.43 bits per heavy atom. The van der Waals surface area contributed by atoms with Gasteiger partial charge in [-0.1, -0.05) is 6.92 Å². The Balaban J connectivity index is 1.93. The van der Waals surface area contributed by atoms with Crippen LogP contribution in [-0.4, -0.2) is 51.4 Å². The maximum absolute atomic E-state index is 15.0. The zero-order chi connectivity index (χ0) is 22.2. The van der Waals surface area contributed by atoms with Crippen LogP contribution in [0.4, 0.5) is 9.80 Å². The zero-order valence-electron chi connectivity index (χ0n) is 18.1. The van der Waals surface area contributed by atoms with Gasteiger partial charge in [0.1, 0.15) is 11.9 Å². The summed E-state index contributed by atoms with van der Waals surface area (Å²) in [6.45, 7) is 6.43. The number of esters is 1. The maximum atomic E-state index is 15.0. The Labute approximate surface area is 177 Å². The number of amides is 1. The second-order valence-electron chi connectivity index (χ2n) is 8.54. The minimum absolute atomic E-state index is 0.102. The van der Waals surface area contributed by atoms with E-state index in [-0.39, 0.29) is 36.5 Å². The van der Waals surface area contributed by atoms with Gasteiger partial charge >= 0.3 is 5.97 Å². The highest BCUT2D eigenvalue weighted by molar-refractivity contribution is 6.72. The van der Waals surface area contributed by atoms with E-state index in [4.69, 9.17) is 14.2 Å². The summed E-state index contributed by atoms with van der Waals surface area (Å²) < 4.78 is 32.2. The van der Waals surface area contributed by atoms with Gasteiger partial charge in [-0.3, -0.25) is 14.5 Å². The van der Waals surface area contributed by atoms with Crippen LogP contribution in [0.3, 0.4) is 0 Å². The highest BCUT2D eigenvalue weighted by atomic mass is 28.4. The molecule has 1 saturated heterocycles. The lowest BCUT2D eigenvalue weighted by Gasteiger charge is -2.44. The van der Waals surface area contributed by atoms with Crippen molar-refractivity contribution >= 4 is 26.0 Å². The monoisotopic (exact) mass is 439 g/mol. The molecule has 1 amide bonds. The average molecular weight is 440 g/mol. The fourth-order valence-corrected chi connectivity index (χ4v) is 6.50. The van der Waals surface area contributed by atoms with Crippen LogP contribution in [0.25, 0.3) is 0 Å². The number of hydrogen-bond donors (Lipinski definition) is 1. The molecule has 5 atom stereocenters. The van der Waals surface area contributed by atoms with Crippen LogP contribution in [0.5, 0.6) is 5.75 Å². The maximum Gasteiger partial charge on any atom is 0.304 e. The lowest BCUT2D eigenvalue weighted by molar-refractivity contribution is -0.153. The third kappa shape index (κ3) is 4.24. The summed E-state index contributed by atoms with van der Waals surface area (Å²) in [5, 5.41) is 9.47. The van der Waals surface area contributed by atoms with E-state index < -0.39 is 26.7 Å². The van der Waals surface area contributed by atoms with E-state index in [0.29, 0.717) is 17.9 Å². The van der Waals surface area contributed by atoms with Crippen molar-refractivity contribution in [2.75, 3.05) is 18.6 Å². The number of fused-ring (bicyclic) bond motifs is 1. The van der Waals surface area contributed by atoms with Gasteiger partial charge in [0.15, 0.2) is 6.23 Å². The van der Waals surface area contributed by atoms with Crippen molar-refractivity contribution in [1.29, 1.82) is 0 Å². The molecule has 0 aromatic heterocycles. The second-order valence-corrected chi connectivity index (χ2v) is 12.4. The Kier molecular flexibility index (Phi) is 6.54. The Morgan fingerprint density at radius 2 is 2.13 bits per heavy atom. The first-order valence-corrected chi connectivity index (χ1v) is 13.2. The highest BCUT2D eigenvalue weighted by Gasteiger charge is 2.47. The van der Waals surface area contributed by atoms with Gasteiger partial charge < -0.3 is 23.4 Å². The highest BCUT2D eigenvalue weighted by Crippen LogP contribution is 2.48. The molecule has 0 bridgehead atoms. The third-order valence-electron chi connectivity index (χ3n) is 6.02. The molecular formula is C21H30FNO6Si. The topological polar surface area (TPSA) is 85.3 Å². The Hall–Kier alpha value is -1.97. The van der Waals surface area contributed by atoms with Crippen molar-refractivity contribution < 1.29 is 33.0 Å². The zero-order valence-corrected chi connectivity index (χ0v) is 19.1. The smallest absolute Gasteiger partial charge is 0.304 e. The van der Waals surface area contributed by atoms with Gasteiger partial charge in [-0.05, 0) is 37.7 Å². The van der Waals surface area contributed by atoms with Crippen LogP contribution in [-0.2, 0) is 19.1 Å². The number of carbonyl (C=O) groups is 2. The molecular weight excluding hydrogens is 409 g/mol. The largest absolute Gasteiger partial charge is 0.490 e. The summed E-state index contributed by atoms with van der Waals surface area (Å²) >= 11 is 0. The molecule has 0 radical (unpaired) electrons. The van der Waals surface area contributed by atoms with Gasteiger partial charge in [0.2, 0.25) is 14.3 Å². The molecule has 9 heteroatoms. The molecule has 3 rings (SSSR count).